The molecule has 2 heterocycles. The zero-order valence-corrected chi connectivity index (χ0v) is 14.3. The first-order valence-corrected chi connectivity index (χ1v) is 8.52. The van der Waals surface area contributed by atoms with Gasteiger partial charge < -0.3 is 5.32 Å². The molecule has 0 saturated heterocycles. The van der Waals surface area contributed by atoms with Crippen molar-refractivity contribution < 1.29 is 9.18 Å². The molecule has 0 aliphatic carbocycles. The minimum atomic E-state index is -0.244. The second kappa shape index (κ2) is 8.84. The predicted molar refractivity (Wildman–Crippen MR) is 95.2 cm³/mol. The third-order valence-corrected chi connectivity index (χ3v) is 3.90. The summed E-state index contributed by atoms with van der Waals surface area (Å²) >= 11 is 0. The van der Waals surface area contributed by atoms with E-state index in [1.54, 1.807) is 35.6 Å². The van der Waals surface area contributed by atoms with Gasteiger partial charge in [0.25, 0.3) is 0 Å². The molecule has 3 aromatic rings. The van der Waals surface area contributed by atoms with Crippen molar-refractivity contribution in [2.24, 2.45) is 0 Å². The number of halogens is 1. The summed E-state index contributed by atoms with van der Waals surface area (Å²) < 4.78 is 14.8. The molecule has 1 amide bonds. The molecule has 0 aliphatic rings. The molecular formula is C19H20FN5O. The summed E-state index contributed by atoms with van der Waals surface area (Å²) in [4.78, 5) is 24.5. The molecule has 1 aromatic carbocycles. The van der Waals surface area contributed by atoms with Crippen molar-refractivity contribution in [2.75, 3.05) is 6.54 Å². The maximum absolute atomic E-state index is 13.1. The van der Waals surface area contributed by atoms with Crippen molar-refractivity contribution >= 4 is 5.91 Å². The van der Waals surface area contributed by atoms with E-state index in [2.05, 4.69) is 20.3 Å². The Morgan fingerprint density at radius 2 is 2.12 bits per heavy atom. The minimum Gasteiger partial charge on any atom is -0.356 e. The predicted octanol–water partition coefficient (Wildman–Crippen LogP) is 2.48. The van der Waals surface area contributed by atoms with E-state index in [4.69, 9.17) is 0 Å². The van der Waals surface area contributed by atoms with Crippen LogP contribution in [-0.4, -0.2) is 32.0 Å². The summed E-state index contributed by atoms with van der Waals surface area (Å²) in [6, 6.07) is 8.31. The van der Waals surface area contributed by atoms with Crippen molar-refractivity contribution in [3.63, 3.8) is 0 Å². The fourth-order valence-electron chi connectivity index (χ4n) is 2.59. The fraction of sp³-hybridized carbons (Fsp3) is 0.263. The number of hydrogen-bond donors (Lipinski definition) is 1. The third kappa shape index (κ3) is 5.20. The minimum absolute atomic E-state index is 0.00899. The number of imidazole rings is 1. The highest BCUT2D eigenvalue weighted by Crippen LogP contribution is 2.07. The van der Waals surface area contributed by atoms with E-state index in [1.165, 1.54) is 12.1 Å². The largest absolute Gasteiger partial charge is 0.356 e. The number of carbonyl (C=O) groups excluding carboxylic acids is 1. The van der Waals surface area contributed by atoms with E-state index in [0.717, 1.165) is 11.3 Å². The summed E-state index contributed by atoms with van der Waals surface area (Å²) in [5, 5.41) is 2.89. The van der Waals surface area contributed by atoms with Crippen molar-refractivity contribution in [1.29, 1.82) is 0 Å². The lowest BCUT2D eigenvalue weighted by molar-refractivity contribution is -0.121. The van der Waals surface area contributed by atoms with Crippen molar-refractivity contribution in [2.45, 2.75) is 25.7 Å². The van der Waals surface area contributed by atoms with Gasteiger partial charge in [-0.3, -0.25) is 9.36 Å². The highest BCUT2D eigenvalue weighted by molar-refractivity contribution is 5.75. The monoisotopic (exact) mass is 353 g/mol. The Morgan fingerprint density at radius 1 is 1.19 bits per heavy atom. The quantitative estimate of drug-likeness (QED) is 0.675. The van der Waals surface area contributed by atoms with Crippen LogP contribution < -0.4 is 5.32 Å². The number of rotatable bonds is 8. The van der Waals surface area contributed by atoms with Gasteiger partial charge >= 0.3 is 0 Å². The smallest absolute Gasteiger partial charge is 0.235 e. The Kier molecular flexibility index (Phi) is 6.03. The maximum atomic E-state index is 13.1. The van der Waals surface area contributed by atoms with Crippen LogP contribution >= 0.6 is 0 Å². The molecule has 0 unspecified atom stereocenters. The van der Waals surface area contributed by atoms with Gasteiger partial charge in [-0.05, 0) is 36.6 Å². The van der Waals surface area contributed by atoms with Gasteiger partial charge in [-0.25, -0.2) is 19.3 Å². The van der Waals surface area contributed by atoms with Crippen LogP contribution in [0.3, 0.4) is 0 Å². The van der Waals surface area contributed by atoms with E-state index in [9.17, 15) is 9.18 Å². The SMILES string of the molecule is O=C(CCCc1cccc(F)c1)NCCc1ccnc(-n2ccnc2)n1. The van der Waals surface area contributed by atoms with Crippen LogP contribution in [-0.2, 0) is 17.6 Å². The molecule has 7 heteroatoms. The van der Waals surface area contributed by atoms with E-state index in [0.29, 0.717) is 38.2 Å². The lowest BCUT2D eigenvalue weighted by atomic mass is 10.1. The van der Waals surface area contributed by atoms with E-state index in [-0.39, 0.29) is 11.7 Å². The van der Waals surface area contributed by atoms with Gasteiger partial charge in [0.15, 0.2) is 0 Å². The topological polar surface area (TPSA) is 72.7 Å². The summed E-state index contributed by atoms with van der Waals surface area (Å²) in [5.74, 6) is 0.304. The Hall–Kier alpha value is -3.09. The van der Waals surface area contributed by atoms with Crippen LogP contribution in [0.25, 0.3) is 5.95 Å². The number of aromatic nitrogens is 4. The van der Waals surface area contributed by atoms with Crippen LogP contribution in [0.4, 0.5) is 4.39 Å². The fourth-order valence-corrected chi connectivity index (χ4v) is 2.59. The van der Waals surface area contributed by atoms with Crippen LogP contribution in [0.1, 0.15) is 24.1 Å². The van der Waals surface area contributed by atoms with Crippen molar-refractivity contribution in [3.05, 3.63) is 72.3 Å². The Bertz CT molecular complexity index is 851. The number of aryl methyl sites for hydroxylation is 1. The Labute approximate surface area is 151 Å². The van der Waals surface area contributed by atoms with Crippen LogP contribution in [0, 0.1) is 5.82 Å². The first-order chi connectivity index (χ1) is 12.7. The molecule has 26 heavy (non-hydrogen) atoms. The van der Waals surface area contributed by atoms with E-state index >= 15 is 0 Å². The van der Waals surface area contributed by atoms with E-state index < -0.39 is 0 Å². The standard InChI is InChI=1S/C19H20FN5O/c20-16-5-1-3-15(13-16)4-2-6-18(26)22-9-7-17-8-10-23-19(24-17)25-12-11-21-14-25/h1,3,5,8,10-14H,2,4,6-7,9H2,(H,22,26). The maximum Gasteiger partial charge on any atom is 0.235 e. The molecule has 0 spiro atoms. The van der Waals surface area contributed by atoms with Gasteiger partial charge in [0.1, 0.15) is 12.1 Å². The lowest BCUT2D eigenvalue weighted by Crippen LogP contribution is -2.25. The molecule has 1 N–H and O–H groups in total. The van der Waals surface area contributed by atoms with Gasteiger partial charge in [-0.15, -0.1) is 0 Å². The van der Waals surface area contributed by atoms with Gasteiger partial charge in [0.05, 0.1) is 0 Å². The molecule has 0 radical (unpaired) electrons. The van der Waals surface area contributed by atoms with Crippen LogP contribution in [0.5, 0.6) is 0 Å². The number of nitrogens with zero attached hydrogens (tertiary/aromatic N) is 4. The Balaban J connectivity index is 1.39. The average molecular weight is 353 g/mol. The van der Waals surface area contributed by atoms with Gasteiger partial charge in [0.2, 0.25) is 11.9 Å². The van der Waals surface area contributed by atoms with Crippen LogP contribution in [0.2, 0.25) is 0 Å². The third-order valence-electron chi connectivity index (χ3n) is 3.90. The number of amides is 1. The molecule has 0 fully saturated rings. The second-order valence-electron chi connectivity index (χ2n) is 5.90. The number of hydrogen-bond acceptors (Lipinski definition) is 4. The highest BCUT2D eigenvalue weighted by atomic mass is 19.1. The second-order valence-corrected chi connectivity index (χ2v) is 5.90. The first-order valence-electron chi connectivity index (χ1n) is 8.52. The average Bonchev–Trinajstić information content (AvgIpc) is 3.17. The molecule has 6 nitrogen and oxygen atoms in total. The zero-order valence-electron chi connectivity index (χ0n) is 14.3. The number of nitrogens with one attached hydrogen (secondary N) is 1. The summed E-state index contributed by atoms with van der Waals surface area (Å²) in [7, 11) is 0. The van der Waals surface area contributed by atoms with Crippen molar-refractivity contribution in [1.82, 2.24) is 24.8 Å². The number of benzene rings is 1. The van der Waals surface area contributed by atoms with Crippen molar-refractivity contribution in [3.8, 4) is 5.95 Å². The molecule has 0 atom stereocenters. The van der Waals surface area contributed by atoms with Gasteiger partial charge in [-0.2, -0.15) is 0 Å². The molecule has 0 bridgehead atoms. The molecule has 0 aliphatic heterocycles. The number of carbonyl (C=O) groups is 1. The lowest BCUT2D eigenvalue weighted by Gasteiger charge is -2.06. The molecular weight excluding hydrogens is 333 g/mol. The van der Waals surface area contributed by atoms with E-state index in [1.807, 2.05) is 12.1 Å². The first kappa shape index (κ1) is 17.7. The molecule has 2 aromatic heterocycles. The Morgan fingerprint density at radius 3 is 2.92 bits per heavy atom. The van der Waals surface area contributed by atoms with Gasteiger partial charge in [-0.1, -0.05) is 12.1 Å². The molecule has 3 rings (SSSR count). The summed E-state index contributed by atoms with van der Waals surface area (Å²) in [6.07, 6.45) is 9.19. The summed E-state index contributed by atoms with van der Waals surface area (Å²) in [5.41, 5.74) is 1.76. The normalized spacial score (nSPS) is 10.7. The van der Waals surface area contributed by atoms with Gasteiger partial charge in [0, 0.05) is 43.7 Å². The highest BCUT2D eigenvalue weighted by Gasteiger charge is 2.04. The van der Waals surface area contributed by atoms with Crippen LogP contribution in [0.15, 0.2) is 55.2 Å². The molecule has 134 valence electrons. The summed E-state index contributed by atoms with van der Waals surface area (Å²) in [6.45, 7) is 0.513. The molecule has 0 saturated carbocycles. The zero-order chi connectivity index (χ0) is 18.2.